The van der Waals surface area contributed by atoms with E-state index in [2.05, 4.69) is 20.9 Å². The summed E-state index contributed by atoms with van der Waals surface area (Å²) in [6.45, 7) is -1.23. The van der Waals surface area contributed by atoms with Crippen LogP contribution in [0.4, 0.5) is 19.0 Å². The molecule has 2 atom stereocenters. The van der Waals surface area contributed by atoms with Crippen molar-refractivity contribution in [3.63, 3.8) is 0 Å². The number of halogens is 3. The largest absolute Gasteiger partial charge is 0.497 e. The summed E-state index contributed by atoms with van der Waals surface area (Å²) in [5.74, 6) is 0.929. The van der Waals surface area contributed by atoms with Gasteiger partial charge >= 0.3 is 6.18 Å². The first kappa shape index (κ1) is 25.4. The average molecular weight is 502 g/mol. The number of hydrogen-bond acceptors (Lipinski definition) is 7. The van der Waals surface area contributed by atoms with Gasteiger partial charge < -0.3 is 14.8 Å². The van der Waals surface area contributed by atoms with Crippen LogP contribution in [-0.4, -0.2) is 51.1 Å². The second-order valence-corrected chi connectivity index (χ2v) is 8.05. The van der Waals surface area contributed by atoms with Crippen LogP contribution in [0.15, 0.2) is 64.4 Å². The Morgan fingerprint density at radius 3 is 2.39 bits per heavy atom. The van der Waals surface area contributed by atoms with E-state index >= 15 is 0 Å². The average Bonchev–Trinajstić information content (AvgIpc) is 2.88. The van der Waals surface area contributed by atoms with E-state index < -0.39 is 19.0 Å². The zero-order valence-electron chi connectivity index (χ0n) is 19.9. The Balaban J connectivity index is 1.80. The molecule has 8 nitrogen and oxygen atoms in total. The highest BCUT2D eigenvalue weighted by Gasteiger charge is 2.29. The second-order valence-electron chi connectivity index (χ2n) is 8.05. The van der Waals surface area contributed by atoms with Gasteiger partial charge in [0.1, 0.15) is 17.8 Å². The Bertz CT molecular complexity index is 1280. The molecule has 36 heavy (non-hydrogen) atoms. The van der Waals surface area contributed by atoms with Gasteiger partial charge in [-0.1, -0.05) is 24.3 Å². The van der Waals surface area contributed by atoms with Gasteiger partial charge in [-0.2, -0.15) is 13.2 Å². The van der Waals surface area contributed by atoms with E-state index in [1.807, 2.05) is 24.3 Å². The molecule has 2 aromatic carbocycles. The summed E-state index contributed by atoms with van der Waals surface area (Å²) in [5, 5.41) is 8.27. The number of benzene rings is 2. The van der Waals surface area contributed by atoms with E-state index in [1.54, 1.807) is 44.5 Å². The SMILES string of the molecule is CNC(OC)c1ccc(-c2cc3c(n(-c4ccc(OC)cc4)c2=O)NC(NCC(F)(F)F)N=C3)cc1. The number of nitrogens with zero attached hydrogens (tertiary/aromatic N) is 2. The molecule has 0 aliphatic carbocycles. The predicted molar refractivity (Wildman–Crippen MR) is 132 cm³/mol. The van der Waals surface area contributed by atoms with Gasteiger partial charge in [0.05, 0.1) is 19.3 Å². The van der Waals surface area contributed by atoms with Crippen molar-refractivity contribution < 1.29 is 22.6 Å². The lowest BCUT2D eigenvalue weighted by Crippen LogP contribution is -2.43. The smallest absolute Gasteiger partial charge is 0.401 e. The molecule has 0 amide bonds. The Kier molecular flexibility index (Phi) is 7.43. The molecule has 1 aliphatic rings. The molecular formula is C25H26F3N5O3. The van der Waals surface area contributed by atoms with Gasteiger partial charge in [0.2, 0.25) is 0 Å². The van der Waals surface area contributed by atoms with Gasteiger partial charge in [-0.25, -0.2) is 0 Å². The lowest BCUT2D eigenvalue weighted by molar-refractivity contribution is -0.125. The highest BCUT2D eigenvalue weighted by Crippen LogP contribution is 2.28. The molecule has 0 saturated carbocycles. The van der Waals surface area contributed by atoms with E-state index in [0.29, 0.717) is 33.9 Å². The van der Waals surface area contributed by atoms with E-state index in [-0.39, 0.29) is 11.8 Å². The minimum atomic E-state index is -4.40. The second kappa shape index (κ2) is 10.5. The Labute approximate surface area is 205 Å². The highest BCUT2D eigenvalue weighted by atomic mass is 19.4. The lowest BCUT2D eigenvalue weighted by atomic mass is 10.0. The lowest BCUT2D eigenvalue weighted by Gasteiger charge is -2.26. The standard InChI is InChI=1S/C25H26F3N5O3/c1-29-22(36-3)16-6-4-15(5-7-16)20-12-17-13-30-24(31-14-25(26,27)28)32-21(17)33(23(20)34)18-8-10-19(35-2)11-9-18/h4-13,22,24,29,31-32H,14H2,1-3H3. The zero-order valence-corrected chi connectivity index (χ0v) is 19.9. The van der Waals surface area contributed by atoms with Crippen LogP contribution in [0.3, 0.4) is 0 Å². The maximum atomic E-state index is 13.8. The maximum Gasteiger partial charge on any atom is 0.401 e. The molecule has 0 bridgehead atoms. The molecule has 2 unspecified atom stereocenters. The van der Waals surface area contributed by atoms with Crippen LogP contribution in [0.1, 0.15) is 17.4 Å². The van der Waals surface area contributed by atoms with Crippen molar-refractivity contribution in [2.24, 2.45) is 4.99 Å². The van der Waals surface area contributed by atoms with Crippen LogP contribution in [0, 0.1) is 0 Å². The molecule has 1 aliphatic heterocycles. The number of ether oxygens (including phenoxy) is 2. The zero-order chi connectivity index (χ0) is 25.9. The molecule has 0 spiro atoms. The molecular weight excluding hydrogens is 475 g/mol. The van der Waals surface area contributed by atoms with Crippen molar-refractivity contribution in [3.8, 4) is 22.6 Å². The van der Waals surface area contributed by atoms with Crippen LogP contribution >= 0.6 is 0 Å². The van der Waals surface area contributed by atoms with Crippen LogP contribution in [0.25, 0.3) is 16.8 Å². The van der Waals surface area contributed by atoms with Crippen molar-refractivity contribution in [2.75, 3.05) is 33.1 Å². The number of rotatable bonds is 8. The van der Waals surface area contributed by atoms with Gasteiger partial charge in [0, 0.05) is 24.5 Å². The molecule has 1 aromatic heterocycles. The van der Waals surface area contributed by atoms with Gasteiger partial charge in [0.15, 0.2) is 6.29 Å². The first-order valence-corrected chi connectivity index (χ1v) is 11.1. The third-order valence-electron chi connectivity index (χ3n) is 5.72. The molecule has 190 valence electrons. The van der Waals surface area contributed by atoms with Crippen LogP contribution < -0.4 is 26.2 Å². The van der Waals surface area contributed by atoms with Crippen molar-refractivity contribution >= 4 is 12.0 Å². The first-order valence-electron chi connectivity index (χ1n) is 11.1. The summed E-state index contributed by atoms with van der Waals surface area (Å²) in [5.41, 5.74) is 2.69. The highest BCUT2D eigenvalue weighted by molar-refractivity contribution is 5.91. The van der Waals surface area contributed by atoms with Crippen molar-refractivity contribution in [3.05, 3.63) is 76.1 Å². The van der Waals surface area contributed by atoms with E-state index in [4.69, 9.17) is 9.47 Å². The summed E-state index contributed by atoms with van der Waals surface area (Å²) in [6.07, 6.45) is -4.30. The van der Waals surface area contributed by atoms with E-state index in [0.717, 1.165) is 5.56 Å². The summed E-state index contributed by atoms with van der Waals surface area (Å²) in [4.78, 5) is 17.9. The minimum absolute atomic E-state index is 0.295. The first-order chi connectivity index (χ1) is 17.2. The summed E-state index contributed by atoms with van der Waals surface area (Å²) < 4.78 is 50.2. The Morgan fingerprint density at radius 1 is 1.11 bits per heavy atom. The van der Waals surface area contributed by atoms with Gasteiger partial charge in [0.25, 0.3) is 5.56 Å². The van der Waals surface area contributed by atoms with E-state index in [9.17, 15) is 18.0 Å². The summed E-state index contributed by atoms with van der Waals surface area (Å²) >= 11 is 0. The van der Waals surface area contributed by atoms with Gasteiger partial charge in [-0.15, -0.1) is 0 Å². The monoisotopic (exact) mass is 501 g/mol. The Morgan fingerprint density at radius 2 is 1.81 bits per heavy atom. The molecule has 0 radical (unpaired) electrons. The number of pyridine rings is 1. The number of methoxy groups -OCH3 is 2. The van der Waals surface area contributed by atoms with E-state index in [1.165, 1.54) is 17.9 Å². The molecule has 3 aromatic rings. The van der Waals surface area contributed by atoms with Gasteiger partial charge in [-0.05, 0) is 48.5 Å². The molecule has 0 fully saturated rings. The molecule has 0 saturated heterocycles. The summed E-state index contributed by atoms with van der Waals surface area (Å²) in [7, 11) is 4.90. The maximum absolute atomic E-state index is 13.8. The molecule has 4 rings (SSSR count). The molecule has 2 heterocycles. The topological polar surface area (TPSA) is 88.9 Å². The normalized spacial score (nSPS) is 15.8. The Hall–Kier alpha value is -3.67. The number of aromatic nitrogens is 1. The fourth-order valence-electron chi connectivity index (χ4n) is 3.96. The number of fused-ring (bicyclic) bond motifs is 1. The van der Waals surface area contributed by atoms with Crippen LogP contribution in [-0.2, 0) is 4.74 Å². The number of hydrogen-bond donors (Lipinski definition) is 3. The van der Waals surface area contributed by atoms with Crippen molar-refractivity contribution in [2.45, 2.75) is 18.7 Å². The number of aliphatic imine (C=N–C) groups is 1. The van der Waals surface area contributed by atoms with Crippen molar-refractivity contribution in [1.29, 1.82) is 0 Å². The summed E-state index contributed by atoms with van der Waals surface area (Å²) in [6, 6.07) is 15.9. The molecule has 11 heteroatoms. The quantitative estimate of drug-likeness (QED) is 0.409. The van der Waals surface area contributed by atoms with Crippen LogP contribution in [0.2, 0.25) is 0 Å². The fraction of sp³-hybridized carbons (Fsp3) is 0.280. The molecule has 3 N–H and O–H groups in total. The van der Waals surface area contributed by atoms with Crippen molar-refractivity contribution in [1.82, 2.24) is 15.2 Å². The van der Waals surface area contributed by atoms with Crippen LogP contribution in [0.5, 0.6) is 5.75 Å². The van der Waals surface area contributed by atoms with Gasteiger partial charge in [-0.3, -0.25) is 25.0 Å². The third kappa shape index (κ3) is 5.43. The fourth-order valence-corrected chi connectivity index (χ4v) is 3.96. The number of nitrogens with one attached hydrogen (secondary N) is 3. The minimum Gasteiger partial charge on any atom is -0.497 e. The number of anilines is 1. The predicted octanol–water partition coefficient (Wildman–Crippen LogP) is 3.66. The number of alkyl halides is 3. The third-order valence-corrected chi connectivity index (χ3v) is 5.72.